The Labute approximate surface area is 164 Å². The van der Waals surface area contributed by atoms with Crippen LogP contribution >= 0.6 is 0 Å². The first-order valence-electron chi connectivity index (χ1n) is 9.07. The van der Waals surface area contributed by atoms with Crippen LogP contribution in [0.3, 0.4) is 0 Å². The van der Waals surface area contributed by atoms with E-state index in [-0.39, 0.29) is 23.0 Å². The standard InChI is InChI=1S/C21H22N2O4S/c24-20(12-16-28(25,26)18-9-2-1-3-10-18)22-14-6-15-27-19-11-4-7-17-8-5-13-23-21(17)19/h1-5,7-11,13H,6,12,14-16H2,(H,22,24). The van der Waals surface area contributed by atoms with Gasteiger partial charge in [-0.2, -0.15) is 0 Å². The zero-order valence-corrected chi connectivity index (χ0v) is 16.2. The highest BCUT2D eigenvalue weighted by Gasteiger charge is 2.15. The molecule has 0 bridgehead atoms. The van der Waals surface area contributed by atoms with Gasteiger partial charge in [-0.3, -0.25) is 9.78 Å². The van der Waals surface area contributed by atoms with E-state index in [2.05, 4.69) is 10.3 Å². The van der Waals surface area contributed by atoms with Crippen LogP contribution in [-0.4, -0.2) is 38.2 Å². The Bertz CT molecular complexity index is 1030. The van der Waals surface area contributed by atoms with E-state index in [1.807, 2.05) is 30.3 Å². The van der Waals surface area contributed by atoms with Gasteiger partial charge in [-0.15, -0.1) is 0 Å². The largest absolute Gasteiger partial charge is 0.491 e. The van der Waals surface area contributed by atoms with E-state index in [0.29, 0.717) is 25.3 Å². The first-order valence-corrected chi connectivity index (χ1v) is 10.7. The smallest absolute Gasteiger partial charge is 0.221 e. The molecule has 6 nitrogen and oxygen atoms in total. The Morgan fingerprint density at radius 2 is 1.79 bits per heavy atom. The quantitative estimate of drug-likeness (QED) is 0.560. The number of nitrogens with zero attached hydrogens (tertiary/aromatic N) is 1. The molecule has 0 fully saturated rings. The third kappa shape index (κ3) is 5.29. The Kier molecular flexibility index (Phi) is 6.60. The molecule has 0 spiro atoms. The summed E-state index contributed by atoms with van der Waals surface area (Å²) in [6.45, 7) is 0.848. The number of fused-ring (bicyclic) bond motifs is 1. The minimum absolute atomic E-state index is 0.0642. The van der Waals surface area contributed by atoms with Crippen molar-refractivity contribution < 1.29 is 17.9 Å². The normalized spacial score (nSPS) is 11.3. The highest BCUT2D eigenvalue weighted by atomic mass is 32.2. The van der Waals surface area contributed by atoms with E-state index >= 15 is 0 Å². The molecule has 28 heavy (non-hydrogen) atoms. The second-order valence-electron chi connectivity index (χ2n) is 6.27. The number of para-hydroxylation sites is 1. The van der Waals surface area contributed by atoms with Crippen molar-refractivity contribution in [3.63, 3.8) is 0 Å². The van der Waals surface area contributed by atoms with Crippen molar-refractivity contribution in [2.45, 2.75) is 17.7 Å². The minimum Gasteiger partial charge on any atom is -0.491 e. The van der Waals surface area contributed by atoms with Gasteiger partial charge in [-0.05, 0) is 30.7 Å². The molecule has 0 aliphatic carbocycles. The summed E-state index contributed by atoms with van der Waals surface area (Å²) in [5.41, 5.74) is 0.806. The fraction of sp³-hybridized carbons (Fsp3) is 0.238. The number of pyridine rings is 1. The van der Waals surface area contributed by atoms with Crippen molar-refractivity contribution in [2.24, 2.45) is 0 Å². The molecule has 3 rings (SSSR count). The molecule has 1 N–H and O–H groups in total. The van der Waals surface area contributed by atoms with Gasteiger partial charge in [0.2, 0.25) is 5.91 Å². The van der Waals surface area contributed by atoms with Crippen LogP contribution in [0, 0.1) is 0 Å². The average molecular weight is 398 g/mol. The Morgan fingerprint density at radius 3 is 2.61 bits per heavy atom. The fourth-order valence-electron chi connectivity index (χ4n) is 2.74. The number of carbonyl (C=O) groups is 1. The average Bonchev–Trinajstić information content (AvgIpc) is 2.73. The van der Waals surface area contributed by atoms with Crippen LogP contribution in [0.25, 0.3) is 10.9 Å². The van der Waals surface area contributed by atoms with Gasteiger partial charge in [0.1, 0.15) is 11.3 Å². The van der Waals surface area contributed by atoms with Gasteiger partial charge in [-0.25, -0.2) is 8.42 Å². The summed E-state index contributed by atoms with van der Waals surface area (Å²) in [7, 11) is -3.44. The molecule has 0 aliphatic rings. The predicted octanol–water partition coefficient (Wildman–Crippen LogP) is 2.98. The molecular formula is C21H22N2O4S. The molecule has 0 aliphatic heterocycles. The molecule has 0 unspecified atom stereocenters. The monoisotopic (exact) mass is 398 g/mol. The van der Waals surface area contributed by atoms with Crippen LogP contribution in [0.15, 0.2) is 71.8 Å². The van der Waals surface area contributed by atoms with Gasteiger partial charge in [0.25, 0.3) is 0 Å². The van der Waals surface area contributed by atoms with Crippen molar-refractivity contribution in [1.82, 2.24) is 10.3 Å². The van der Waals surface area contributed by atoms with E-state index in [1.54, 1.807) is 24.4 Å². The lowest BCUT2D eigenvalue weighted by atomic mass is 10.2. The first-order chi connectivity index (χ1) is 13.6. The SMILES string of the molecule is O=C(CCS(=O)(=O)c1ccccc1)NCCCOc1cccc2cccnc12. The molecule has 1 heterocycles. The van der Waals surface area contributed by atoms with Gasteiger partial charge < -0.3 is 10.1 Å². The zero-order chi connectivity index (χ0) is 19.8. The van der Waals surface area contributed by atoms with Crippen molar-refractivity contribution >= 4 is 26.6 Å². The summed E-state index contributed by atoms with van der Waals surface area (Å²) in [4.78, 5) is 16.5. The summed E-state index contributed by atoms with van der Waals surface area (Å²) in [6.07, 6.45) is 2.27. The first kappa shape index (κ1) is 19.8. The van der Waals surface area contributed by atoms with E-state index < -0.39 is 9.84 Å². The third-order valence-corrected chi connectivity index (χ3v) is 5.93. The van der Waals surface area contributed by atoms with Crippen LogP contribution in [0.2, 0.25) is 0 Å². The van der Waals surface area contributed by atoms with Crippen molar-refractivity contribution in [3.05, 3.63) is 66.9 Å². The summed E-state index contributed by atoms with van der Waals surface area (Å²) >= 11 is 0. The molecule has 146 valence electrons. The van der Waals surface area contributed by atoms with Gasteiger partial charge in [0.05, 0.1) is 17.3 Å². The lowest BCUT2D eigenvalue weighted by molar-refractivity contribution is -0.120. The molecule has 0 saturated carbocycles. The molecule has 1 aromatic heterocycles. The number of sulfone groups is 1. The highest BCUT2D eigenvalue weighted by molar-refractivity contribution is 7.91. The number of aromatic nitrogens is 1. The Balaban J connectivity index is 1.39. The summed E-state index contributed by atoms with van der Waals surface area (Å²) in [5.74, 6) is 0.214. The van der Waals surface area contributed by atoms with Crippen LogP contribution in [0.5, 0.6) is 5.75 Å². The number of ether oxygens (including phenoxy) is 1. The lowest BCUT2D eigenvalue weighted by Gasteiger charge is -2.09. The summed E-state index contributed by atoms with van der Waals surface area (Å²) in [5, 5.41) is 3.74. The maximum absolute atomic E-state index is 12.2. The van der Waals surface area contributed by atoms with Crippen molar-refractivity contribution in [2.75, 3.05) is 18.9 Å². The molecule has 0 radical (unpaired) electrons. The number of hydrogen-bond acceptors (Lipinski definition) is 5. The second-order valence-corrected chi connectivity index (χ2v) is 8.37. The molecular weight excluding hydrogens is 376 g/mol. The summed E-state index contributed by atoms with van der Waals surface area (Å²) < 4.78 is 30.1. The van der Waals surface area contributed by atoms with Crippen LogP contribution in [0.4, 0.5) is 0 Å². The van der Waals surface area contributed by atoms with Crippen molar-refractivity contribution in [3.8, 4) is 5.75 Å². The second kappa shape index (κ2) is 9.32. The lowest BCUT2D eigenvalue weighted by Crippen LogP contribution is -2.27. The van der Waals surface area contributed by atoms with E-state index in [1.165, 1.54) is 12.1 Å². The highest BCUT2D eigenvalue weighted by Crippen LogP contribution is 2.22. The number of benzene rings is 2. The number of nitrogens with one attached hydrogen (secondary N) is 1. The molecule has 0 saturated heterocycles. The molecule has 7 heteroatoms. The predicted molar refractivity (Wildman–Crippen MR) is 108 cm³/mol. The van der Waals surface area contributed by atoms with Crippen LogP contribution in [-0.2, 0) is 14.6 Å². The number of amides is 1. The van der Waals surface area contributed by atoms with Crippen molar-refractivity contribution in [1.29, 1.82) is 0 Å². The number of hydrogen-bond donors (Lipinski definition) is 1. The number of rotatable bonds is 9. The fourth-order valence-corrected chi connectivity index (χ4v) is 4.00. The van der Waals surface area contributed by atoms with Gasteiger partial charge >= 0.3 is 0 Å². The third-order valence-electron chi connectivity index (χ3n) is 4.20. The van der Waals surface area contributed by atoms with E-state index in [4.69, 9.17) is 4.74 Å². The van der Waals surface area contributed by atoms with Gasteiger partial charge in [-0.1, -0.05) is 36.4 Å². The number of carbonyl (C=O) groups excluding carboxylic acids is 1. The Hall–Kier alpha value is -2.93. The van der Waals surface area contributed by atoms with Gasteiger partial charge in [0.15, 0.2) is 9.84 Å². The van der Waals surface area contributed by atoms with E-state index in [9.17, 15) is 13.2 Å². The molecule has 1 amide bonds. The molecule has 3 aromatic rings. The van der Waals surface area contributed by atoms with Gasteiger partial charge in [0, 0.05) is 24.5 Å². The maximum Gasteiger partial charge on any atom is 0.221 e. The minimum atomic E-state index is -3.44. The summed E-state index contributed by atoms with van der Waals surface area (Å²) in [6, 6.07) is 17.7. The topological polar surface area (TPSA) is 85.4 Å². The van der Waals surface area contributed by atoms with E-state index in [0.717, 1.165) is 10.9 Å². The molecule has 2 aromatic carbocycles. The Morgan fingerprint density at radius 1 is 1.00 bits per heavy atom. The van der Waals surface area contributed by atoms with Crippen LogP contribution < -0.4 is 10.1 Å². The maximum atomic E-state index is 12.2. The molecule has 0 atom stereocenters. The zero-order valence-electron chi connectivity index (χ0n) is 15.4. The van der Waals surface area contributed by atoms with Crippen LogP contribution in [0.1, 0.15) is 12.8 Å².